The molecule has 32 heavy (non-hydrogen) atoms. The van der Waals surface area contributed by atoms with E-state index < -0.39 is 0 Å². The molecule has 1 fully saturated rings. The molecule has 2 heterocycles. The van der Waals surface area contributed by atoms with Crippen molar-refractivity contribution in [3.05, 3.63) is 53.6 Å². The van der Waals surface area contributed by atoms with Gasteiger partial charge in [0.15, 0.2) is 17.3 Å². The summed E-state index contributed by atoms with van der Waals surface area (Å²) in [6.07, 6.45) is 0. The van der Waals surface area contributed by atoms with E-state index in [1.165, 1.54) is 6.92 Å². The summed E-state index contributed by atoms with van der Waals surface area (Å²) < 4.78 is 10.7. The molecule has 0 bridgehead atoms. The summed E-state index contributed by atoms with van der Waals surface area (Å²) in [4.78, 5) is 40.7. The normalized spacial score (nSPS) is 15.3. The van der Waals surface area contributed by atoms with Gasteiger partial charge in [0, 0.05) is 44.4 Å². The third-order valence-electron chi connectivity index (χ3n) is 5.48. The van der Waals surface area contributed by atoms with Crippen LogP contribution in [0.2, 0.25) is 0 Å². The van der Waals surface area contributed by atoms with Crippen molar-refractivity contribution in [3.63, 3.8) is 0 Å². The molecule has 2 aromatic rings. The van der Waals surface area contributed by atoms with Gasteiger partial charge in [0.05, 0.1) is 12.2 Å². The highest BCUT2D eigenvalue weighted by Crippen LogP contribution is 2.37. The molecule has 0 aromatic heterocycles. The molecule has 2 aliphatic heterocycles. The minimum atomic E-state index is -0.228. The second-order valence-electron chi connectivity index (χ2n) is 7.76. The third kappa shape index (κ3) is 5.17. The Morgan fingerprint density at radius 1 is 0.969 bits per heavy atom. The fourth-order valence-electron chi connectivity index (χ4n) is 3.72. The number of carbonyl (C=O) groups is 3. The lowest BCUT2D eigenvalue weighted by Crippen LogP contribution is -2.52. The van der Waals surface area contributed by atoms with E-state index in [1.54, 1.807) is 17.0 Å². The molecule has 1 saturated heterocycles. The maximum Gasteiger partial charge on any atom is 0.317 e. The zero-order chi connectivity index (χ0) is 22.5. The Balaban J connectivity index is 1.26. The van der Waals surface area contributed by atoms with E-state index in [1.807, 2.05) is 35.2 Å². The maximum atomic E-state index is 12.6. The Morgan fingerprint density at radius 2 is 1.66 bits per heavy atom. The largest absolute Gasteiger partial charge is 0.454 e. The second-order valence-corrected chi connectivity index (χ2v) is 7.76. The molecule has 2 aromatic carbocycles. The highest BCUT2D eigenvalue weighted by Gasteiger charge is 2.24. The summed E-state index contributed by atoms with van der Waals surface area (Å²) in [5.41, 5.74) is 1.83. The van der Waals surface area contributed by atoms with Crippen LogP contribution in [0.4, 0.5) is 10.5 Å². The van der Waals surface area contributed by atoms with Crippen LogP contribution < -0.4 is 20.1 Å². The summed E-state index contributed by atoms with van der Waals surface area (Å²) in [5.74, 6) is 0.595. The average Bonchev–Trinajstić information content (AvgIpc) is 3.25. The van der Waals surface area contributed by atoms with Crippen molar-refractivity contribution < 1.29 is 23.9 Å². The lowest BCUT2D eigenvalue weighted by Gasteiger charge is -2.34. The number of ether oxygens (including phenoxy) is 2. The number of fused-ring (bicyclic) bond motifs is 1. The fraction of sp³-hybridized carbons (Fsp3) is 0.348. The smallest absolute Gasteiger partial charge is 0.317 e. The molecule has 0 radical (unpaired) electrons. The zero-order valence-corrected chi connectivity index (χ0v) is 17.9. The first kappa shape index (κ1) is 21.6. The van der Waals surface area contributed by atoms with Crippen LogP contribution in [0.15, 0.2) is 42.5 Å². The van der Waals surface area contributed by atoms with Gasteiger partial charge in [-0.3, -0.25) is 14.5 Å². The number of piperazine rings is 1. The highest BCUT2D eigenvalue weighted by molar-refractivity contribution is 6.05. The minimum Gasteiger partial charge on any atom is -0.454 e. The summed E-state index contributed by atoms with van der Waals surface area (Å²) in [6.45, 7) is 4.44. The summed E-state index contributed by atoms with van der Waals surface area (Å²) in [5, 5.41) is 5.74. The van der Waals surface area contributed by atoms with Crippen molar-refractivity contribution in [2.45, 2.75) is 13.5 Å². The maximum absolute atomic E-state index is 12.6. The van der Waals surface area contributed by atoms with Crippen LogP contribution in [0.1, 0.15) is 22.8 Å². The summed E-state index contributed by atoms with van der Waals surface area (Å²) in [6, 6.07) is 12.9. The van der Waals surface area contributed by atoms with E-state index in [-0.39, 0.29) is 31.1 Å². The number of Topliss-reactive ketones (excluding diaryl/α,β-unsaturated/α-hetero) is 1. The predicted molar refractivity (Wildman–Crippen MR) is 118 cm³/mol. The molecule has 0 atom stereocenters. The molecule has 0 saturated carbocycles. The first-order chi connectivity index (χ1) is 15.5. The lowest BCUT2D eigenvalue weighted by molar-refractivity contribution is -0.117. The van der Waals surface area contributed by atoms with Gasteiger partial charge < -0.3 is 25.0 Å². The van der Waals surface area contributed by atoms with Crippen molar-refractivity contribution in [1.29, 1.82) is 0 Å². The van der Waals surface area contributed by atoms with Gasteiger partial charge in [-0.1, -0.05) is 30.3 Å². The molecule has 0 unspecified atom stereocenters. The number of hydrogen-bond donors (Lipinski definition) is 2. The molecular weight excluding hydrogens is 412 g/mol. The van der Waals surface area contributed by atoms with Crippen molar-refractivity contribution >= 4 is 23.4 Å². The number of nitrogens with one attached hydrogen (secondary N) is 2. The first-order valence-corrected chi connectivity index (χ1v) is 10.5. The number of hydrogen-bond acceptors (Lipinski definition) is 6. The van der Waals surface area contributed by atoms with Crippen LogP contribution in [-0.4, -0.2) is 67.0 Å². The number of urea groups is 1. The molecule has 9 heteroatoms. The van der Waals surface area contributed by atoms with Crippen LogP contribution >= 0.6 is 0 Å². The number of ketones is 1. The molecule has 168 valence electrons. The fourth-order valence-corrected chi connectivity index (χ4v) is 3.72. The number of rotatable bonds is 6. The van der Waals surface area contributed by atoms with Crippen molar-refractivity contribution in [3.8, 4) is 11.5 Å². The van der Waals surface area contributed by atoms with Gasteiger partial charge in [-0.05, 0) is 18.6 Å². The van der Waals surface area contributed by atoms with Gasteiger partial charge >= 0.3 is 6.03 Å². The van der Waals surface area contributed by atoms with Crippen molar-refractivity contribution in [2.75, 3.05) is 44.8 Å². The van der Waals surface area contributed by atoms with Crippen LogP contribution in [0, 0.1) is 0 Å². The van der Waals surface area contributed by atoms with Crippen LogP contribution in [0.25, 0.3) is 0 Å². The van der Waals surface area contributed by atoms with Gasteiger partial charge in [-0.2, -0.15) is 0 Å². The molecule has 4 rings (SSSR count). The minimum absolute atomic E-state index is 0.0906. The zero-order valence-electron chi connectivity index (χ0n) is 17.9. The second kappa shape index (κ2) is 9.69. The number of nitrogens with zero attached hydrogens (tertiary/aromatic N) is 2. The van der Waals surface area contributed by atoms with Gasteiger partial charge in [0.1, 0.15) is 0 Å². The topological polar surface area (TPSA) is 100 Å². The number of amides is 3. The third-order valence-corrected chi connectivity index (χ3v) is 5.48. The van der Waals surface area contributed by atoms with E-state index in [9.17, 15) is 14.4 Å². The number of benzene rings is 2. The van der Waals surface area contributed by atoms with Crippen molar-refractivity contribution in [2.24, 2.45) is 0 Å². The molecule has 9 nitrogen and oxygen atoms in total. The van der Waals surface area contributed by atoms with Crippen LogP contribution in [-0.2, 0) is 11.3 Å². The predicted octanol–water partition coefficient (Wildman–Crippen LogP) is 2.08. The number of carbonyl (C=O) groups excluding carboxylic acids is 3. The molecule has 0 aliphatic carbocycles. The van der Waals surface area contributed by atoms with Crippen molar-refractivity contribution in [1.82, 2.24) is 15.1 Å². The Labute approximate surface area is 186 Å². The van der Waals surface area contributed by atoms with Gasteiger partial charge in [-0.15, -0.1) is 0 Å². The Kier molecular flexibility index (Phi) is 6.55. The van der Waals surface area contributed by atoms with Gasteiger partial charge in [0.25, 0.3) is 0 Å². The molecule has 2 N–H and O–H groups in total. The van der Waals surface area contributed by atoms with E-state index >= 15 is 0 Å². The average molecular weight is 438 g/mol. The van der Waals surface area contributed by atoms with Gasteiger partial charge in [-0.25, -0.2) is 4.79 Å². The van der Waals surface area contributed by atoms with E-state index in [4.69, 9.17) is 9.47 Å². The van der Waals surface area contributed by atoms with Crippen LogP contribution in [0.5, 0.6) is 11.5 Å². The monoisotopic (exact) mass is 438 g/mol. The van der Waals surface area contributed by atoms with E-state index in [2.05, 4.69) is 10.6 Å². The standard InChI is InChI=1S/C23H26N4O5/c1-16(28)18-11-20-21(32-15-31-20)12-19(18)25-22(29)14-26-7-9-27(10-8-26)23(30)24-13-17-5-3-2-4-6-17/h2-6,11-12H,7-10,13-15H2,1H3,(H,24,30)(H,25,29). The Bertz CT molecular complexity index is 1000. The lowest BCUT2D eigenvalue weighted by atomic mass is 10.1. The molecule has 3 amide bonds. The molecule has 0 spiro atoms. The van der Waals surface area contributed by atoms with E-state index in [0.29, 0.717) is 55.5 Å². The van der Waals surface area contributed by atoms with Gasteiger partial charge in [0.2, 0.25) is 12.7 Å². The first-order valence-electron chi connectivity index (χ1n) is 10.5. The highest BCUT2D eigenvalue weighted by atomic mass is 16.7. The molecule has 2 aliphatic rings. The quantitative estimate of drug-likeness (QED) is 0.670. The summed E-state index contributed by atoms with van der Waals surface area (Å²) >= 11 is 0. The van der Waals surface area contributed by atoms with E-state index in [0.717, 1.165) is 5.56 Å². The Morgan fingerprint density at radius 3 is 2.34 bits per heavy atom. The van der Waals surface area contributed by atoms with Crippen LogP contribution in [0.3, 0.4) is 0 Å². The SMILES string of the molecule is CC(=O)c1cc2c(cc1NC(=O)CN1CCN(C(=O)NCc3ccccc3)CC1)OCO2. The summed E-state index contributed by atoms with van der Waals surface area (Å²) in [7, 11) is 0. The molecular formula is C23H26N4O5. The number of anilines is 1. The Hall–Kier alpha value is -3.59.